The number of ether oxygens (including phenoxy) is 1. The summed E-state index contributed by atoms with van der Waals surface area (Å²) in [4.78, 5) is 19.0. The van der Waals surface area contributed by atoms with Crippen LogP contribution in [-0.4, -0.2) is 74.7 Å². The second-order valence-corrected chi connectivity index (χ2v) is 6.82. The molecule has 0 unspecified atom stereocenters. The van der Waals surface area contributed by atoms with Gasteiger partial charge in [-0.25, -0.2) is 0 Å². The zero-order chi connectivity index (χ0) is 16.8. The SMILES string of the molecule is CN(C[C@H]1CCCO1)C(=O)CCN1CCN(c2ccccc2)CC1. The number of rotatable bonds is 6. The highest BCUT2D eigenvalue weighted by Gasteiger charge is 2.21. The lowest BCUT2D eigenvalue weighted by Crippen LogP contribution is -2.47. The first kappa shape index (κ1) is 17.2. The molecular formula is C19H29N3O2. The maximum absolute atomic E-state index is 12.3. The molecule has 0 spiro atoms. The molecule has 24 heavy (non-hydrogen) atoms. The number of carbonyl (C=O) groups excluding carboxylic acids is 1. The molecule has 2 heterocycles. The first-order valence-corrected chi connectivity index (χ1v) is 9.10. The van der Waals surface area contributed by atoms with Crippen LogP contribution in [0, 0.1) is 0 Å². The van der Waals surface area contributed by atoms with Crippen molar-refractivity contribution in [2.45, 2.75) is 25.4 Å². The van der Waals surface area contributed by atoms with Gasteiger partial charge < -0.3 is 14.5 Å². The minimum absolute atomic E-state index is 0.232. The molecule has 5 nitrogen and oxygen atoms in total. The number of nitrogens with zero attached hydrogens (tertiary/aromatic N) is 3. The van der Waals surface area contributed by atoms with Crippen LogP contribution in [-0.2, 0) is 9.53 Å². The number of hydrogen-bond donors (Lipinski definition) is 0. The Morgan fingerprint density at radius 2 is 1.96 bits per heavy atom. The van der Waals surface area contributed by atoms with Gasteiger partial charge in [-0.3, -0.25) is 9.69 Å². The van der Waals surface area contributed by atoms with E-state index in [1.54, 1.807) is 0 Å². The fourth-order valence-electron chi connectivity index (χ4n) is 3.51. The Bertz CT molecular complexity index is 509. The zero-order valence-electron chi connectivity index (χ0n) is 14.7. The lowest BCUT2D eigenvalue weighted by molar-refractivity contribution is -0.131. The number of piperazine rings is 1. The number of anilines is 1. The molecule has 0 radical (unpaired) electrons. The smallest absolute Gasteiger partial charge is 0.223 e. The summed E-state index contributed by atoms with van der Waals surface area (Å²) in [7, 11) is 1.90. The van der Waals surface area contributed by atoms with Gasteiger partial charge in [0.15, 0.2) is 0 Å². The Balaban J connectivity index is 1.36. The number of benzene rings is 1. The van der Waals surface area contributed by atoms with Crippen molar-refractivity contribution in [1.29, 1.82) is 0 Å². The van der Waals surface area contributed by atoms with Crippen LogP contribution in [0.5, 0.6) is 0 Å². The monoisotopic (exact) mass is 331 g/mol. The topological polar surface area (TPSA) is 36.0 Å². The van der Waals surface area contributed by atoms with Crippen molar-refractivity contribution in [3.8, 4) is 0 Å². The molecule has 5 heteroatoms. The number of likely N-dealkylation sites (N-methyl/N-ethyl adjacent to an activating group) is 1. The molecule has 1 aromatic rings. The summed E-state index contributed by atoms with van der Waals surface area (Å²) in [5.41, 5.74) is 1.30. The Labute approximate surface area is 145 Å². The third-order valence-electron chi connectivity index (χ3n) is 5.06. The van der Waals surface area contributed by atoms with Gasteiger partial charge >= 0.3 is 0 Å². The number of carbonyl (C=O) groups is 1. The van der Waals surface area contributed by atoms with E-state index in [9.17, 15) is 4.79 Å². The quantitative estimate of drug-likeness (QED) is 0.797. The van der Waals surface area contributed by atoms with Gasteiger partial charge in [-0.2, -0.15) is 0 Å². The summed E-state index contributed by atoms with van der Waals surface area (Å²) in [6.07, 6.45) is 3.06. The van der Waals surface area contributed by atoms with E-state index >= 15 is 0 Å². The highest BCUT2D eigenvalue weighted by molar-refractivity contribution is 5.76. The minimum Gasteiger partial charge on any atom is -0.376 e. The van der Waals surface area contributed by atoms with E-state index in [2.05, 4.69) is 40.1 Å². The molecule has 0 aromatic heterocycles. The predicted molar refractivity (Wildman–Crippen MR) is 96.3 cm³/mol. The average molecular weight is 331 g/mol. The first-order chi connectivity index (χ1) is 11.7. The Hall–Kier alpha value is -1.59. The van der Waals surface area contributed by atoms with Gasteiger partial charge in [0.1, 0.15) is 0 Å². The van der Waals surface area contributed by atoms with Gasteiger partial charge in [0, 0.05) is 65.0 Å². The summed E-state index contributed by atoms with van der Waals surface area (Å²) >= 11 is 0. The molecule has 1 aromatic carbocycles. The normalized spacial score (nSPS) is 21.9. The minimum atomic E-state index is 0.232. The first-order valence-electron chi connectivity index (χ1n) is 9.10. The van der Waals surface area contributed by atoms with Crippen molar-refractivity contribution >= 4 is 11.6 Å². The second kappa shape index (κ2) is 8.49. The maximum atomic E-state index is 12.3. The predicted octanol–water partition coefficient (Wildman–Crippen LogP) is 1.84. The van der Waals surface area contributed by atoms with Crippen LogP contribution in [0.4, 0.5) is 5.69 Å². The molecule has 0 N–H and O–H groups in total. The molecule has 3 rings (SSSR count). The fraction of sp³-hybridized carbons (Fsp3) is 0.632. The second-order valence-electron chi connectivity index (χ2n) is 6.82. The zero-order valence-corrected chi connectivity index (χ0v) is 14.7. The summed E-state index contributed by atoms with van der Waals surface area (Å²) in [5.74, 6) is 0.232. The standard InChI is InChI=1S/C19H29N3O2/c1-20(16-18-8-5-15-24-18)19(23)9-10-21-11-13-22(14-12-21)17-6-3-2-4-7-17/h2-4,6-7,18H,5,8-16H2,1H3/t18-/m1/s1. The van der Waals surface area contributed by atoms with E-state index in [-0.39, 0.29) is 12.0 Å². The van der Waals surface area contributed by atoms with Crippen molar-refractivity contribution in [2.24, 2.45) is 0 Å². The van der Waals surface area contributed by atoms with Gasteiger partial charge in [0.25, 0.3) is 0 Å². The molecule has 1 amide bonds. The van der Waals surface area contributed by atoms with Crippen molar-refractivity contribution in [2.75, 3.05) is 57.8 Å². The van der Waals surface area contributed by atoms with Crippen molar-refractivity contribution in [1.82, 2.24) is 9.80 Å². The summed E-state index contributed by atoms with van der Waals surface area (Å²) in [6, 6.07) is 10.6. The van der Waals surface area contributed by atoms with Gasteiger partial charge in [-0.1, -0.05) is 18.2 Å². The molecule has 2 aliphatic rings. The van der Waals surface area contributed by atoms with E-state index in [0.29, 0.717) is 6.42 Å². The highest BCUT2D eigenvalue weighted by Crippen LogP contribution is 2.16. The van der Waals surface area contributed by atoms with E-state index in [1.807, 2.05) is 11.9 Å². The lowest BCUT2D eigenvalue weighted by Gasteiger charge is -2.36. The average Bonchev–Trinajstić information content (AvgIpc) is 3.14. The Morgan fingerprint density at radius 3 is 2.62 bits per heavy atom. The van der Waals surface area contributed by atoms with Crippen LogP contribution in [0.25, 0.3) is 0 Å². The van der Waals surface area contributed by atoms with Crippen molar-refractivity contribution < 1.29 is 9.53 Å². The van der Waals surface area contributed by atoms with Crippen LogP contribution >= 0.6 is 0 Å². The summed E-state index contributed by atoms with van der Waals surface area (Å²) < 4.78 is 5.61. The third-order valence-corrected chi connectivity index (χ3v) is 5.06. The van der Waals surface area contributed by atoms with E-state index < -0.39 is 0 Å². The molecule has 0 saturated carbocycles. The molecule has 2 aliphatic heterocycles. The number of hydrogen-bond acceptors (Lipinski definition) is 4. The van der Waals surface area contributed by atoms with E-state index in [0.717, 1.165) is 58.7 Å². The molecule has 1 atom stereocenters. The van der Waals surface area contributed by atoms with Crippen molar-refractivity contribution in [3.63, 3.8) is 0 Å². The summed E-state index contributed by atoms with van der Waals surface area (Å²) in [5, 5.41) is 0. The van der Waals surface area contributed by atoms with Crippen LogP contribution in [0.15, 0.2) is 30.3 Å². The molecule has 132 valence electrons. The lowest BCUT2D eigenvalue weighted by atomic mass is 10.2. The Kier molecular flexibility index (Phi) is 6.10. The highest BCUT2D eigenvalue weighted by atomic mass is 16.5. The van der Waals surface area contributed by atoms with Gasteiger partial charge in [-0.15, -0.1) is 0 Å². The maximum Gasteiger partial charge on any atom is 0.223 e. The van der Waals surface area contributed by atoms with Crippen LogP contribution in [0.2, 0.25) is 0 Å². The largest absolute Gasteiger partial charge is 0.376 e. The Morgan fingerprint density at radius 1 is 1.21 bits per heavy atom. The van der Waals surface area contributed by atoms with E-state index in [1.165, 1.54) is 5.69 Å². The van der Waals surface area contributed by atoms with Gasteiger partial charge in [-0.05, 0) is 25.0 Å². The molecule has 2 saturated heterocycles. The molecular weight excluding hydrogens is 302 g/mol. The van der Waals surface area contributed by atoms with Gasteiger partial charge in [0.2, 0.25) is 5.91 Å². The molecule has 2 fully saturated rings. The molecule has 0 bridgehead atoms. The molecule has 0 aliphatic carbocycles. The fourth-order valence-corrected chi connectivity index (χ4v) is 3.51. The number of amides is 1. The van der Waals surface area contributed by atoms with Crippen LogP contribution in [0.1, 0.15) is 19.3 Å². The third kappa shape index (κ3) is 4.71. The summed E-state index contributed by atoms with van der Waals surface area (Å²) in [6.45, 7) is 6.56. The number of para-hydroxylation sites is 1. The van der Waals surface area contributed by atoms with Crippen LogP contribution < -0.4 is 4.90 Å². The van der Waals surface area contributed by atoms with Crippen LogP contribution in [0.3, 0.4) is 0 Å². The van der Waals surface area contributed by atoms with Gasteiger partial charge in [0.05, 0.1) is 6.10 Å². The van der Waals surface area contributed by atoms with E-state index in [4.69, 9.17) is 4.74 Å². The van der Waals surface area contributed by atoms with Crippen molar-refractivity contribution in [3.05, 3.63) is 30.3 Å².